The second-order valence-corrected chi connectivity index (χ2v) is 10.3. The molecule has 0 amide bonds. The first kappa shape index (κ1) is 25.2. The third-order valence-corrected chi connectivity index (χ3v) is 7.68. The van der Waals surface area contributed by atoms with Gasteiger partial charge in [-0.3, -0.25) is 15.0 Å². The maximum atomic E-state index is 14.3. The smallest absolute Gasteiger partial charge is 0.181 e. The fourth-order valence-electron chi connectivity index (χ4n) is 5.60. The molecule has 2 aromatic carbocycles. The van der Waals surface area contributed by atoms with Crippen molar-refractivity contribution in [2.45, 2.75) is 12.8 Å². The first-order valence-corrected chi connectivity index (χ1v) is 13.8. The Morgan fingerprint density at radius 2 is 1.76 bits per heavy atom. The molecule has 9 heteroatoms. The molecule has 1 aliphatic rings. The van der Waals surface area contributed by atoms with Gasteiger partial charge in [-0.2, -0.15) is 5.10 Å². The fraction of sp³-hybridized carbons (Fsp3) is 0.219. The van der Waals surface area contributed by atoms with Crippen molar-refractivity contribution in [1.29, 1.82) is 0 Å². The summed E-state index contributed by atoms with van der Waals surface area (Å²) in [7, 11) is 1.54. The van der Waals surface area contributed by atoms with E-state index >= 15 is 0 Å². The van der Waals surface area contributed by atoms with Crippen molar-refractivity contribution in [2.75, 3.05) is 33.4 Å². The zero-order valence-corrected chi connectivity index (χ0v) is 22.7. The Labute approximate surface area is 236 Å². The average molecular weight is 549 g/mol. The van der Waals surface area contributed by atoms with Crippen LogP contribution in [0.5, 0.6) is 11.5 Å². The van der Waals surface area contributed by atoms with E-state index in [9.17, 15) is 4.39 Å². The summed E-state index contributed by atoms with van der Waals surface area (Å²) in [5, 5.41) is 9.44. The maximum absolute atomic E-state index is 14.3. The molecular formula is C32H29FN6O2. The molecular weight excluding hydrogens is 519 g/mol. The standard InChI is InChI=1S/C32H29FN6O2/c1-40-24-12-20(11-23(33)15-24)26-5-4-6-29-27(26)16-30(36-29)31-28-14-22(18-35-32(28)38-37-31)21-13-25(19-34-17-21)41-10-9-39-7-2-3-8-39/h4-6,11-19,36H,2-3,7-10H2,1H3,(H,35,37,38). The summed E-state index contributed by atoms with van der Waals surface area (Å²) in [6.45, 7) is 3.86. The molecule has 0 aliphatic carbocycles. The summed E-state index contributed by atoms with van der Waals surface area (Å²) in [5.74, 6) is 0.869. The van der Waals surface area contributed by atoms with Crippen LogP contribution in [0.2, 0.25) is 0 Å². The molecule has 1 saturated heterocycles. The third-order valence-electron chi connectivity index (χ3n) is 7.68. The summed E-state index contributed by atoms with van der Waals surface area (Å²) < 4.78 is 25.6. The van der Waals surface area contributed by atoms with E-state index in [0.717, 1.165) is 75.3 Å². The van der Waals surface area contributed by atoms with E-state index in [1.54, 1.807) is 12.4 Å². The van der Waals surface area contributed by atoms with Crippen LogP contribution in [0.1, 0.15) is 12.8 Å². The number of hydrogen-bond acceptors (Lipinski definition) is 6. The number of likely N-dealkylation sites (tertiary alicyclic amines) is 1. The average Bonchev–Trinajstić information content (AvgIpc) is 3.76. The van der Waals surface area contributed by atoms with Crippen LogP contribution < -0.4 is 9.47 Å². The molecule has 8 nitrogen and oxygen atoms in total. The van der Waals surface area contributed by atoms with E-state index in [-0.39, 0.29) is 5.82 Å². The fourth-order valence-corrected chi connectivity index (χ4v) is 5.60. The molecule has 0 radical (unpaired) electrons. The molecule has 2 N–H and O–H groups in total. The summed E-state index contributed by atoms with van der Waals surface area (Å²) >= 11 is 0. The van der Waals surface area contributed by atoms with E-state index in [1.807, 2.05) is 36.5 Å². The molecule has 1 aliphatic heterocycles. The number of benzene rings is 2. The van der Waals surface area contributed by atoms with Gasteiger partial charge in [0.05, 0.1) is 24.7 Å². The lowest BCUT2D eigenvalue weighted by atomic mass is 10.0. The number of nitrogens with zero attached hydrogens (tertiary/aromatic N) is 4. The minimum Gasteiger partial charge on any atom is -0.497 e. The highest BCUT2D eigenvalue weighted by Crippen LogP contribution is 2.36. The molecule has 41 heavy (non-hydrogen) atoms. The lowest BCUT2D eigenvalue weighted by molar-refractivity contribution is 0.237. The number of ether oxygens (including phenoxy) is 2. The quantitative estimate of drug-likeness (QED) is 0.227. The van der Waals surface area contributed by atoms with Crippen LogP contribution in [0.25, 0.3) is 55.6 Å². The van der Waals surface area contributed by atoms with E-state index in [1.165, 1.54) is 32.1 Å². The number of aromatic nitrogens is 5. The number of hydrogen-bond donors (Lipinski definition) is 2. The van der Waals surface area contributed by atoms with Crippen LogP contribution in [-0.2, 0) is 0 Å². The highest BCUT2D eigenvalue weighted by atomic mass is 19.1. The number of methoxy groups -OCH3 is 1. The van der Waals surface area contributed by atoms with Gasteiger partial charge in [0, 0.05) is 52.4 Å². The van der Waals surface area contributed by atoms with Gasteiger partial charge in [-0.15, -0.1) is 0 Å². The second kappa shape index (κ2) is 10.7. The SMILES string of the molecule is COc1cc(F)cc(-c2cccc3[nH]c(-c4[nH]nc5ncc(-c6cncc(OCCN7CCCC7)c6)cc45)cc23)c1. The van der Waals surface area contributed by atoms with Crippen LogP contribution >= 0.6 is 0 Å². The molecule has 0 unspecified atom stereocenters. The minimum absolute atomic E-state index is 0.346. The second-order valence-electron chi connectivity index (χ2n) is 10.3. The van der Waals surface area contributed by atoms with Gasteiger partial charge in [0.2, 0.25) is 0 Å². The lowest BCUT2D eigenvalue weighted by Crippen LogP contribution is -2.25. The highest BCUT2D eigenvalue weighted by Gasteiger charge is 2.16. The van der Waals surface area contributed by atoms with Gasteiger partial charge in [-0.1, -0.05) is 12.1 Å². The Kier molecular flexibility index (Phi) is 6.56. The lowest BCUT2D eigenvalue weighted by Gasteiger charge is -2.15. The zero-order chi connectivity index (χ0) is 27.8. The number of rotatable bonds is 8. The summed E-state index contributed by atoms with van der Waals surface area (Å²) in [6, 6.07) is 16.8. The van der Waals surface area contributed by atoms with Crippen molar-refractivity contribution in [1.82, 2.24) is 30.0 Å². The highest BCUT2D eigenvalue weighted by molar-refractivity contribution is 6.01. The Hall–Kier alpha value is -4.76. The van der Waals surface area contributed by atoms with Gasteiger partial charge < -0.3 is 14.5 Å². The Bertz CT molecular complexity index is 1860. The molecule has 206 valence electrons. The molecule has 0 bridgehead atoms. The largest absolute Gasteiger partial charge is 0.497 e. The predicted molar refractivity (Wildman–Crippen MR) is 158 cm³/mol. The van der Waals surface area contributed by atoms with E-state index in [4.69, 9.17) is 9.47 Å². The molecule has 4 aromatic heterocycles. The van der Waals surface area contributed by atoms with Gasteiger partial charge in [0.15, 0.2) is 5.65 Å². The molecule has 5 heterocycles. The summed E-state index contributed by atoms with van der Waals surface area (Å²) in [6.07, 6.45) is 7.91. The van der Waals surface area contributed by atoms with Gasteiger partial charge in [0.25, 0.3) is 0 Å². The number of aromatic amines is 2. The monoisotopic (exact) mass is 548 g/mol. The Morgan fingerprint density at radius 3 is 2.63 bits per heavy atom. The molecule has 0 atom stereocenters. The summed E-state index contributed by atoms with van der Waals surface area (Å²) in [5.41, 5.74) is 6.70. The normalized spacial score (nSPS) is 13.8. The topological polar surface area (TPSA) is 92.0 Å². The molecule has 7 rings (SSSR count). The molecule has 1 fully saturated rings. The van der Waals surface area contributed by atoms with Crippen LogP contribution in [0, 0.1) is 5.82 Å². The zero-order valence-electron chi connectivity index (χ0n) is 22.7. The van der Waals surface area contributed by atoms with Crippen LogP contribution in [-0.4, -0.2) is 63.4 Å². The Balaban J connectivity index is 1.21. The van der Waals surface area contributed by atoms with Crippen LogP contribution in [0.15, 0.2) is 73.2 Å². The van der Waals surface area contributed by atoms with Gasteiger partial charge in [-0.25, -0.2) is 9.37 Å². The van der Waals surface area contributed by atoms with Crippen molar-refractivity contribution in [3.8, 4) is 45.1 Å². The molecule has 6 aromatic rings. The van der Waals surface area contributed by atoms with Crippen LogP contribution in [0.3, 0.4) is 0 Å². The van der Waals surface area contributed by atoms with E-state index < -0.39 is 0 Å². The van der Waals surface area contributed by atoms with Crippen molar-refractivity contribution >= 4 is 21.9 Å². The number of pyridine rings is 2. The third kappa shape index (κ3) is 5.00. The van der Waals surface area contributed by atoms with Crippen molar-refractivity contribution in [3.05, 3.63) is 79.0 Å². The van der Waals surface area contributed by atoms with Crippen LogP contribution in [0.4, 0.5) is 4.39 Å². The minimum atomic E-state index is -0.346. The summed E-state index contributed by atoms with van der Waals surface area (Å²) in [4.78, 5) is 14.9. The number of nitrogens with one attached hydrogen (secondary N) is 2. The predicted octanol–water partition coefficient (Wildman–Crippen LogP) is 6.46. The number of H-pyrrole nitrogens is 2. The van der Waals surface area contributed by atoms with Crippen molar-refractivity contribution in [3.63, 3.8) is 0 Å². The first-order valence-electron chi connectivity index (χ1n) is 13.8. The van der Waals surface area contributed by atoms with E-state index in [2.05, 4.69) is 42.2 Å². The molecule has 0 spiro atoms. The van der Waals surface area contributed by atoms with Crippen molar-refractivity contribution < 1.29 is 13.9 Å². The molecule has 0 saturated carbocycles. The Morgan fingerprint density at radius 1 is 0.902 bits per heavy atom. The van der Waals surface area contributed by atoms with Gasteiger partial charge in [-0.05, 0) is 73.5 Å². The maximum Gasteiger partial charge on any atom is 0.181 e. The van der Waals surface area contributed by atoms with Crippen molar-refractivity contribution in [2.24, 2.45) is 0 Å². The van der Waals surface area contributed by atoms with Gasteiger partial charge >= 0.3 is 0 Å². The first-order chi connectivity index (χ1) is 20.1. The number of fused-ring (bicyclic) bond motifs is 2. The number of halogens is 1. The van der Waals surface area contributed by atoms with Gasteiger partial charge in [0.1, 0.15) is 23.9 Å². The van der Waals surface area contributed by atoms with E-state index in [0.29, 0.717) is 18.0 Å².